The molecule has 8 nitrogen and oxygen atoms in total. The van der Waals surface area contributed by atoms with Crippen LogP contribution in [0.15, 0.2) is 72.8 Å². The Labute approximate surface area is 203 Å². The van der Waals surface area contributed by atoms with Gasteiger partial charge < -0.3 is 20.1 Å². The summed E-state index contributed by atoms with van der Waals surface area (Å²) in [5.41, 5.74) is 2.51. The van der Waals surface area contributed by atoms with Crippen LogP contribution in [-0.4, -0.2) is 36.6 Å². The summed E-state index contributed by atoms with van der Waals surface area (Å²) in [6.45, 7) is 2.86. The summed E-state index contributed by atoms with van der Waals surface area (Å²) in [6.07, 6.45) is 0. The summed E-state index contributed by atoms with van der Waals surface area (Å²) < 4.78 is 10.9. The van der Waals surface area contributed by atoms with Crippen LogP contribution in [-0.2, 0) is 16.1 Å². The van der Waals surface area contributed by atoms with Crippen molar-refractivity contribution in [2.24, 2.45) is 0 Å². The number of amides is 2. The molecule has 0 saturated carbocycles. The molecule has 180 valence electrons. The third-order valence-corrected chi connectivity index (χ3v) is 4.96. The highest BCUT2D eigenvalue weighted by Gasteiger charge is 2.07. The van der Waals surface area contributed by atoms with E-state index < -0.39 is 0 Å². The maximum atomic E-state index is 12.2. The lowest BCUT2D eigenvalue weighted by atomic mass is 10.1. The normalized spacial score (nSPS) is 10.2. The first kappa shape index (κ1) is 25.2. The van der Waals surface area contributed by atoms with Crippen molar-refractivity contribution in [1.82, 2.24) is 5.32 Å². The molecule has 0 atom stereocenters. The number of carbonyl (C=O) groups is 4. The van der Waals surface area contributed by atoms with Gasteiger partial charge in [0.05, 0.1) is 0 Å². The number of Topliss-reactive ketones (excluding diaryl/α,β-unsaturated/α-hetero) is 2. The topological polar surface area (TPSA) is 111 Å². The molecule has 2 amide bonds. The Hall–Kier alpha value is -4.46. The summed E-state index contributed by atoms with van der Waals surface area (Å²) >= 11 is 0. The molecule has 3 aromatic rings. The van der Waals surface area contributed by atoms with E-state index in [1.165, 1.54) is 13.8 Å². The highest BCUT2D eigenvalue weighted by atomic mass is 16.5. The highest BCUT2D eigenvalue weighted by Crippen LogP contribution is 2.15. The van der Waals surface area contributed by atoms with E-state index in [0.29, 0.717) is 28.3 Å². The van der Waals surface area contributed by atoms with E-state index in [0.717, 1.165) is 5.56 Å². The van der Waals surface area contributed by atoms with Crippen LogP contribution in [0.4, 0.5) is 5.69 Å². The number of ether oxygens (including phenoxy) is 2. The molecule has 8 heteroatoms. The lowest BCUT2D eigenvalue weighted by Crippen LogP contribution is -2.28. The molecule has 0 unspecified atom stereocenters. The van der Waals surface area contributed by atoms with Crippen LogP contribution in [0.25, 0.3) is 0 Å². The smallest absolute Gasteiger partial charge is 0.262 e. The lowest BCUT2D eigenvalue weighted by Gasteiger charge is -2.10. The van der Waals surface area contributed by atoms with Crippen LogP contribution in [0.5, 0.6) is 11.5 Å². The lowest BCUT2D eigenvalue weighted by molar-refractivity contribution is -0.123. The van der Waals surface area contributed by atoms with E-state index in [1.807, 2.05) is 6.07 Å². The van der Waals surface area contributed by atoms with Gasteiger partial charge in [-0.2, -0.15) is 0 Å². The summed E-state index contributed by atoms with van der Waals surface area (Å²) in [5, 5.41) is 5.51. The second-order valence-corrected chi connectivity index (χ2v) is 7.76. The first-order valence-corrected chi connectivity index (χ1v) is 10.9. The number of nitrogens with one attached hydrogen (secondary N) is 2. The van der Waals surface area contributed by atoms with Crippen LogP contribution in [0.3, 0.4) is 0 Å². The van der Waals surface area contributed by atoms with Gasteiger partial charge in [-0.05, 0) is 80.1 Å². The summed E-state index contributed by atoms with van der Waals surface area (Å²) in [7, 11) is 0. The Bertz CT molecular complexity index is 1200. The number of rotatable bonds is 11. The van der Waals surface area contributed by atoms with Gasteiger partial charge in [-0.25, -0.2) is 0 Å². The van der Waals surface area contributed by atoms with Crippen molar-refractivity contribution in [2.75, 3.05) is 18.5 Å². The number of anilines is 1. The molecule has 0 aliphatic rings. The van der Waals surface area contributed by atoms with Crippen molar-refractivity contribution in [2.45, 2.75) is 20.4 Å². The quantitative estimate of drug-likeness (QED) is 0.409. The monoisotopic (exact) mass is 474 g/mol. The second-order valence-electron chi connectivity index (χ2n) is 7.76. The molecule has 35 heavy (non-hydrogen) atoms. The number of hydrogen-bond donors (Lipinski definition) is 2. The van der Waals surface area contributed by atoms with Crippen molar-refractivity contribution in [3.05, 3.63) is 89.5 Å². The first-order valence-electron chi connectivity index (χ1n) is 10.9. The molecule has 0 bridgehead atoms. The standard InChI is InChI=1S/C27H26N2O6/c1-18(30)21-6-10-24(11-7-21)34-16-26(32)28-15-20-4-3-5-23(14-20)29-27(33)17-35-25-12-8-22(9-13-25)19(2)31/h3-14H,15-17H2,1-2H3,(H,28,32)(H,29,33). The minimum absolute atomic E-state index is 0.0410. The van der Waals surface area contributed by atoms with E-state index in [4.69, 9.17) is 9.47 Å². The van der Waals surface area contributed by atoms with Crippen LogP contribution >= 0.6 is 0 Å². The molecular weight excluding hydrogens is 448 g/mol. The number of carbonyl (C=O) groups excluding carboxylic acids is 4. The molecular formula is C27H26N2O6. The number of ketones is 2. The van der Waals surface area contributed by atoms with E-state index in [1.54, 1.807) is 66.7 Å². The van der Waals surface area contributed by atoms with Crippen LogP contribution in [0.2, 0.25) is 0 Å². The second kappa shape index (κ2) is 12.1. The maximum absolute atomic E-state index is 12.2. The van der Waals surface area contributed by atoms with E-state index in [2.05, 4.69) is 10.6 Å². The largest absolute Gasteiger partial charge is 0.484 e. The van der Waals surface area contributed by atoms with E-state index in [-0.39, 0.29) is 43.1 Å². The zero-order valence-corrected chi connectivity index (χ0v) is 19.5. The van der Waals surface area contributed by atoms with E-state index >= 15 is 0 Å². The number of hydrogen-bond acceptors (Lipinski definition) is 6. The first-order chi connectivity index (χ1) is 16.8. The highest BCUT2D eigenvalue weighted by molar-refractivity contribution is 5.94. The minimum Gasteiger partial charge on any atom is -0.484 e. The zero-order chi connectivity index (χ0) is 25.2. The third-order valence-electron chi connectivity index (χ3n) is 4.96. The number of benzene rings is 3. The fraction of sp³-hybridized carbons (Fsp3) is 0.185. The zero-order valence-electron chi connectivity index (χ0n) is 19.5. The van der Waals surface area contributed by atoms with Crippen LogP contribution in [0.1, 0.15) is 40.1 Å². The predicted octanol–water partition coefficient (Wildman–Crippen LogP) is 3.80. The van der Waals surface area contributed by atoms with Gasteiger partial charge in [-0.15, -0.1) is 0 Å². The van der Waals surface area contributed by atoms with Gasteiger partial charge in [-0.1, -0.05) is 12.1 Å². The summed E-state index contributed by atoms with van der Waals surface area (Å²) in [6, 6.07) is 20.2. The van der Waals surface area contributed by atoms with Crippen molar-refractivity contribution >= 4 is 29.1 Å². The summed E-state index contributed by atoms with van der Waals surface area (Å²) in [4.78, 5) is 46.9. The molecule has 0 aliphatic heterocycles. The predicted molar refractivity (Wildman–Crippen MR) is 131 cm³/mol. The fourth-order valence-electron chi connectivity index (χ4n) is 3.08. The summed E-state index contributed by atoms with van der Waals surface area (Å²) in [5.74, 6) is 0.245. The van der Waals surface area contributed by atoms with Crippen molar-refractivity contribution in [3.63, 3.8) is 0 Å². The van der Waals surface area contributed by atoms with Gasteiger partial charge in [0.25, 0.3) is 11.8 Å². The average molecular weight is 475 g/mol. The Kier molecular flexibility index (Phi) is 8.72. The molecule has 2 N–H and O–H groups in total. The molecule has 0 spiro atoms. The Balaban J connectivity index is 1.42. The fourth-order valence-corrected chi connectivity index (χ4v) is 3.08. The molecule has 0 aliphatic carbocycles. The molecule has 0 heterocycles. The van der Waals surface area contributed by atoms with Crippen molar-refractivity contribution in [1.29, 1.82) is 0 Å². The van der Waals surface area contributed by atoms with Crippen LogP contribution in [0, 0.1) is 0 Å². The molecule has 3 rings (SSSR count). The van der Waals surface area contributed by atoms with E-state index in [9.17, 15) is 19.2 Å². The van der Waals surface area contributed by atoms with Crippen molar-refractivity contribution < 1.29 is 28.7 Å². The maximum Gasteiger partial charge on any atom is 0.262 e. The van der Waals surface area contributed by atoms with Gasteiger partial charge >= 0.3 is 0 Å². The Morgan fingerprint density at radius 2 is 1.20 bits per heavy atom. The van der Waals surface area contributed by atoms with Gasteiger partial charge in [0.2, 0.25) is 0 Å². The van der Waals surface area contributed by atoms with Crippen molar-refractivity contribution in [3.8, 4) is 11.5 Å². The van der Waals surface area contributed by atoms with Gasteiger partial charge in [0.15, 0.2) is 24.8 Å². The molecule has 0 saturated heterocycles. The van der Waals surface area contributed by atoms with Gasteiger partial charge in [0.1, 0.15) is 11.5 Å². The molecule has 0 aromatic heterocycles. The SMILES string of the molecule is CC(=O)c1ccc(OCC(=O)NCc2cccc(NC(=O)COc3ccc(C(C)=O)cc3)c2)cc1. The van der Waals surface area contributed by atoms with Crippen LogP contribution < -0.4 is 20.1 Å². The molecule has 0 radical (unpaired) electrons. The Morgan fingerprint density at radius 1 is 0.686 bits per heavy atom. The Morgan fingerprint density at radius 3 is 1.71 bits per heavy atom. The van der Waals surface area contributed by atoms with Gasteiger partial charge in [-0.3, -0.25) is 19.2 Å². The average Bonchev–Trinajstić information content (AvgIpc) is 2.85. The minimum atomic E-state index is -0.342. The third kappa shape index (κ3) is 8.12. The molecule has 0 fully saturated rings. The molecule has 3 aromatic carbocycles. The van der Waals surface area contributed by atoms with Gasteiger partial charge in [0, 0.05) is 23.4 Å².